The second-order valence-corrected chi connectivity index (χ2v) is 5.37. The first-order valence-corrected chi connectivity index (χ1v) is 7.28. The Morgan fingerprint density at radius 3 is 2.75 bits per heavy atom. The van der Waals surface area contributed by atoms with Crippen LogP contribution >= 0.6 is 0 Å². The molecule has 112 valence electrons. The van der Waals surface area contributed by atoms with Gasteiger partial charge in [0.2, 0.25) is 0 Å². The lowest BCUT2D eigenvalue weighted by atomic mass is 10.2. The fraction of sp³-hybridized carbons (Fsp3) is 0.714. The number of ether oxygens (including phenoxy) is 1. The van der Waals surface area contributed by atoms with E-state index in [-0.39, 0.29) is 0 Å². The standard InChI is InChI=1S/C14H25N5O/c1-4-12-16-13(18-15)10(2)14(17-12)19(3)7-8-20-9-11-5-6-11/h11H,4-9,15H2,1-3H3,(H,16,17,18). The van der Waals surface area contributed by atoms with Crippen LogP contribution in [0.1, 0.15) is 31.2 Å². The van der Waals surface area contributed by atoms with Crippen molar-refractivity contribution in [1.82, 2.24) is 9.97 Å². The zero-order chi connectivity index (χ0) is 14.5. The van der Waals surface area contributed by atoms with Gasteiger partial charge in [-0.25, -0.2) is 15.8 Å². The molecule has 0 unspecified atom stereocenters. The topological polar surface area (TPSA) is 76.3 Å². The number of likely N-dealkylation sites (N-methyl/N-ethyl adjacent to an activating group) is 1. The molecule has 1 aliphatic rings. The lowest BCUT2D eigenvalue weighted by molar-refractivity contribution is 0.130. The molecule has 2 rings (SSSR count). The SMILES string of the molecule is CCc1nc(NN)c(C)c(N(C)CCOCC2CC2)n1. The molecule has 1 heterocycles. The molecule has 0 atom stereocenters. The van der Waals surface area contributed by atoms with Crippen molar-refractivity contribution >= 4 is 11.6 Å². The van der Waals surface area contributed by atoms with Crippen LogP contribution in [0.5, 0.6) is 0 Å². The number of nitrogens with zero attached hydrogens (tertiary/aromatic N) is 3. The largest absolute Gasteiger partial charge is 0.379 e. The average Bonchev–Trinajstić information content (AvgIpc) is 3.27. The van der Waals surface area contributed by atoms with Gasteiger partial charge in [-0.3, -0.25) is 0 Å². The van der Waals surface area contributed by atoms with Crippen molar-refractivity contribution in [3.63, 3.8) is 0 Å². The molecule has 1 aliphatic carbocycles. The molecule has 20 heavy (non-hydrogen) atoms. The van der Waals surface area contributed by atoms with Crippen LogP contribution in [0.15, 0.2) is 0 Å². The second-order valence-electron chi connectivity index (χ2n) is 5.37. The summed E-state index contributed by atoms with van der Waals surface area (Å²) in [6, 6.07) is 0. The van der Waals surface area contributed by atoms with Gasteiger partial charge in [0.05, 0.1) is 6.61 Å². The highest BCUT2D eigenvalue weighted by Gasteiger charge is 2.21. The van der Waals surface area contributed by atoms with Crippen LogP contribution in [0.4, 0.5) is 11.6 Å². The molecule has 0 spiro atoms. The molecule has 1 fully saturated rings. The van der Waals surface area contributed by atoms with Crippen LogP contribution in [0.25, 0.3) is 0 Å². The molecule has 0 aliphatic heterocycles. The van der Waals surface area contributed by atoms with Crippen LogP contribution in [0, 0.1) is 12.8 Å². The Morgan fingerprint density at radius 2 is 2.15 bits per heavy atom. The number of rotatable bonds is 8. The third kappa shape index (κ3) is 3.80. The lowest BCUT2D eigenvalue weighted by Crippen LogP contribution is -2.26. The Kier molecular flexibility index (Phi) is 5.14. The molecule has 0 bridgehead atoms. The Hall–Kier alpha value is -1.40. The van der Waals surface area contributed by atoms with Crippen molar-refractivity contribution in [2.45, 2.75) is 33.1 Å². The van der Waals surface area contributed by atoms with Gasteiger partial charge in [0.1, 0.15) is 17.5 Å². The van der Waals surface area contributed by atoms with Gasteiger partial charge in [0, 0.05) is 32.2 Å². The van der Waals surface area contributed by atoms with Crippen molar-refractivity contribution in [1.29, 1.82) is 0 Å². The van der Waals surface area contributed by atoms with Crippen molar-refractivity contribution in [2.75, 3.05) is 37.1 Å². The van der Waals surface area contributed by atoms with Gasteiger partial charge in [-0.2, -0.15) is 0 Å². The molecule has 1 saturated carbocycles. The number of nitrogens with one attached hydrogen (secondary N) is 1. The highest BCUT2D eigenvalue weighted by Crippen LogP contribution is 2.28. The summed E-state index contributed by atoms with van der Waals surface area (Å²) in [6.07, 6.45) is 3.44. The van der Waals surface area contributed by atoms with Crippen LogP contribution in [0.3, 0.4) is 0 Å². The summed E-state index contributed by atoms with van der Waals surface area (Å²) in [7, 11) is 2.02. The first-order valence-electron chi connectivity index (χ1n) is 7.28. The van der Waals surface area contributed by atoms with Gasteiger partial charge in [0.15, 0.2) is 0 Å². The van der Waals surface area contributed by atoms with E-state index >= 15 is 0 Å². The smallest absolute Gasteiger partial charge is 0.148 e. The molecule has 6 nitrogen and oxygen atoms in total. The number of nitrogen functional groups attached to an aromatic ring is 1. The minimum atomic E-state index is 0.692. The Labute approximate surface area is 120 Å². The van der Waals surface area contributed by atoms with Gasteiger partial charge in [-0.1, -0.05) is 6.92 Å². The Balaban J connectivity index is 1.97. The number of nitrogens with two attached hydrogens (primary N) is 1. The van der Waals surface area contributed by atoms with Crippen LogP contribution in [-0.2, 0) is 11.2 Å². The number of anilines is 2. The molecule has 1 aromatic rings. The van der Waals surface area contributed by atoms with E-state index in [0.29, 0.717) is 5.82 Å². The maximum absolute atomic E-state index is 5.68. The Morgan fingerprint density at radius 1 is 1.40 bits per heavy atom. The van der Waals surface area contributed by atoms with Crippen molar-refractivity contribution in [3.8, 4) is 0 Å². The maximum atomic E-state index is 5.68. The first-order chi connectivity index (χ1) is 9.65. The van der Waals surface area contributed by atoms with Gasteiger partial charge in [-0.15, -0.1) is 0 Å². The average molecular weight is 279 g/mol. The highest BCUT2D eigenvalue weighted by molar-refractivity contribution is 5.57. The summed E-state index contributed by atoms with van der Waals surface area (Å²) in [6.45, 7) is 6.45. The summed E-state index contributed by atoms with van der Waals surface area (Å²) in [5.41, 5.74) is 3.61. The van der Waals surface area contributed by atoms with Crippen LogP contribution in [-0.4, -0.2) is 36.8 Å². The van der Waals surface area contributed by atoms with E-state index in [9.17, 15) is 0 Å². The molecule has 3 N–H and O–H groups in total. The molecular formula is C14H25N5O. The van der Waals surface area contributed by atoms with E-state index in [2.05, 4.69) is 20.3 Å². The molecule has 0 amide bonds. The predicted octanol–water partition coefficient (Wildman–Crippen LogP) is 1.50. The van der Waals surface area contributed by atoms with E-state index in [1.165, 1.54) is 12.8 Å². The zero-order valence-electron chi connectivity index (χ0n) is 12.6. The number of aromatic nitrogens is 2. The Bertz CT molecular complexity index is 447. The number of hydrogen-bond acceptors (Lipinski definition) is 6. The van der Waals surface area contributed by atoms with Gasteiger partial charge in [-0.05, 0) is 25.7 Å². The molecule has 0 saturated heterocycles. The monoisotopic (exact) mass is 279 g/mol. The van der Waals surface area contributed by atoms with Crippen molar-refractivity contribution in [2.24, 2.45) is 11.8 Å². The van der Waals surface area contributed by atoms with Crippen molar-refractivity contribution < 1.29 is 4.74 Å². The molecule has 6 heteroatoms. The van der Waals surface area contributed by atoms with Crippen LogP contribution in [0.2, 0.25) is 0 Å². The summed E-state index contributed by atoms with van der Waals surface area (Å²) < 4.78 is 5.68. The maximum Gasteiger partial charge on any atom is 0.148 e. The fourth-order valence-corrected chi connectivity index (χ4v) is 2.06. The highest BCUT2D eigenvalue weighted by atomic mass is 16.5. The molecule has 0 aromatic carbocycles. The minimum absolute atomic E-state index is 0.692. The van der Waals surface area contributed by atoms with E-state index in [1.54, 1.807) is 0 Å². The van der Waals surface area contributed by atoms with Gasteiger partial charge < -0.3 is 15.1 Å². The summed E-state index contributed by atoms with van der Waals surface area (Å²) in [4.78, 5) is 11.1. The van der Waals surface area contributed by atoms with Crippen LogP contribution < -0.4 is 16.2 Å². The third-order valence-corrected chi connectivity index (χ3v) is 3.60. The van der Waals surface area contributed by atoms with E-state index < -0.39 is 0 Å². The third-order valence-electron chi connectivity index (χ3n) is 3.60. The quantitative estimate of drug-likeness (QED) is 0.426. The second kappa shape index (κ2) is 6.85. The van der Waals surface area contributed by atoms with E-state index in [1.807, 2.05) is 20.9 Å². The zero-order valence-corrected chi connectivity index (χ0v) is 12.6. The summed E-state index contributed by atoms with van der Waals surface area (Å²) >= 11 is 0. The van der Waals surface area contributed by atoms with E-state index in [4.69, 9.17) is 10.6 Å². The number of aryl methyl sites for hydroxylation is 1. The first kappa shape index (κ1) is 15.0. The predicted molar refractivity (Wildman–Crippen MR) is 80.8 cm³/mol. The van der Waals surface area contributed by atoms with Gasteiger partial charge in [0.25, 0.3) is 0 Å². The van der Waals surface area contributed by atoms with Gasteiger partial charge >= 0.3 is 0 Å². The number of hydrogen-bond donors (Lipinski definition) is 2. The molecule has 1 aromatic heterocycles. The molecular weight excluding hydrogens is 254 g/mol. The summed E-state index contributed by atoms with van der Waals surface area (Å²) in [5, 5.41) is 0. The van der Waals surface area contributed by atoms with Crippen molar-refractivity contribution in [3.05, 3.63) is 11.4 Å². The minimum Gasteiger partial charge on any atom is -0.379 e. The summed E-state index contributed by atoms with van der Waals surface area (Å²) in [5.74, 6) is 8.73. The fourth-order valence-electron chi connectivity index (χ4n) is 2.06. The molecule has 0 radical (unpaired) electrons. The number of hydrazine groups is 1. The lowest BCUT2D eigenvalue weighted by Gasteiger charge is -2.22. The van der Waals surface area contributed by atoms with E-state index in [0.717, 1.165) is 49.3 Å². The normalized spacial score (nSPS) is 14.4.